The van der Waals surface area contributed by atoms with Gasteiger partial charge in [0, 0.05) is 5.57 Å². The molecule has 0 spiro atoms. The van der Waals surface area contributed by atoms with Gasteiger partial charge >= 0.3 is 0 Å². The summed E-state index contributed by atoms with van der Waals surface area (Å²) in [7, 11) is 1.56. The zero-order valence-corrected chi connectivity index (χ0v) is 8.77. The Morgan fingerprint density at radius 3 is 2.18 bits per heavy atom. The van der Waals surface area contributed by atoms with Crippen molar-refractivity contribution in [3.8, 4) is 0 Å². The molecule has 0 amide bonds. The minimum Gasteiger partial charge on any atom is -0.468 e. The molecule has 0 heterocycles. The van der Waals surface area contributed by atoms with Gasteiger partial charge in [-0.25, -0.2) is 0 Å². The summed E-state index contributed by atoms with van der Waals surface area (Å²) in [5.41, 5.74) is 0.976. The molecule has 0 fully saturated rings. The summed E-state index contributed by atoms with van der Waals surface area (Å²) in [6.07, 6.45) is 1.86. The smallest absolute Gasteiger partial charge is 0.284 e. The van der Waals surface area contributed by atoms with Crippen molar-refractivity contribution in [2.24, 2.45) is 0 Å². The van der Waals surface area contributed by atoms with Crippen molar-refractivity contribution in [3.05, 3.63) is 11.5 Å². The second-order valence-electron chi connectivity index (χ2n) is 2.05. The summed E-state index contributed by atoms with van der Waals surface area (Å²) < 4.78 is 10.6. The number of thioether (sulfide) groups is 1. The van der Waals surface area contributed by atoms with Crippen LogP contribution >= 0.6 is 24.0 Å². The van der Waals surface area contributed by atoms with Crippen molar-refractivity contribution in [2.75, 3.05) is 13.4 Å². The maximum atomic E-state index is 5.16. The van der Waals surface area contributed by atoms with E-state index < -0.39 is 0 Å². The topological polar surface area (TPSA) is 18.5 Å². The number of ether oxygens (including phenoxy) is 2. The van der Waals surface area contributed by atoms with E-state index in [4.69, 9.17) is 21.7 Å². The average Bonchev–Trinajstić information content (AvgIpc) is 1.99. The van der Waals surface area contributed by atoms with E-state index in [0.717, 1.165) is 5.57 Å². The molecular weight excluding hydrogens is 180 g/mol. The van der Waals surface area contributed by atoms with Crippen molar-refractivity contribution < 1.29 is 9.47 Å². The molecule has 0 rings (SSSR count). The normalized spacial score (nSPS) is 8.73. The fourth-order valence-corrected chi connectivity index (χ4v) is 0.700. The standard InChI is InChI=1S/C7H12O2S2/c1-5(2)6(8-3)9-7(10)11-4/h1-4H3. The molecule has 0 bridgehead atoms. The molecule has 0 radical (unpaired) electrons. The van der Waals surface area contributed by atoms with E-state index in [1.54, 1.807) is 7.11 Å². The van der Waals surface area contributed by atoms with E-state index >= 15 is 0 Å². The molecule has 0 unspecified atom stereocenters. The van der Waals surface area contributed by atoms with Crippen molar-refractivity contribution in [1.29, 1.82) is 0 Å². The van der Waals surface area contributed by atoms with Gasteiger partial charge in [0.05, 0.1) is 7.11 Å². The van der Waals surface area contributed by atoms with Crippen molar-refractivity contribution in [1.82, 2.24) is 0 Å². The van der Waals surface area contributed by atoms with Crippen LogP contribution in [0.3, 0.4) is 0 Å². The van der Waals surface area contributed by atoms with Gasteiger partial charge < -0.3 is 9.47 Å². The van der Waals surface area contributed by atoms with Gasteiger partial charge in [0.2, 0.25) is 4.38 Å². The lowest BCUT2D eigenvalue weighted by molar-refractivity contribution is 0.145. The fraction of sp³-hybridized carbons (Fsp3) is 0.571. The van der Waals surface area contributed by atoms with Gasteiger partial charge in [0.15, 0.2) is 0 Å². The fourth-order valence-electron chi connectivity index (χ4n) is 0.465. The molecule has 0 N–H and O–H groups in total. The summed E-state index contributed by atoms with van der Waals surface area (Å²) in [5.74, 6) is 0.490. The maximum Gasteiger partial charge on any atom is 0.284 e. The van der Waals surface area contributed by atoms with Crippen molar-refractivity contribution in [3.63, 3.8) is 0 Å². The van der Waals surface area contributed by atoms with Gasteiger partial charge in [-0.3, -0.25) is 0 Å². The van der Waals surface area contributed by atoms with E-state index in [1.165, 1.54) is 11.8 Å². The number of hydrogen-bond acceptors (Lipinski definition) is 4. The zero-order valence-electron chi connectivity index (χ0n) is 7.13. The molecule has 0 saturated heterocycles. The monoisotopic (exact) mass is 192 g/mol. The van der Waals surface area contributed by atoms with Gasteiger partial charge in [-0.2, -0.15) is 0 Å². The Balaban J connectivity index is 4.11. The summed E-state index contributed by atoms with van der Waals surface area (Å²) in [6.45, 7) is 3.81. The molecule has 0 aromatic rings. The Kier molecular flexibility index (Phi) is 5.32. The lowest BCUT2D eigenvalue weighted by atomic mass is 10.4. The average molecular weight is 192 g/mol. The van der Waals surface area contributed by atoms with E-state index in [1.807, 2.05) is 20.1 Å². The Hall–Kier alpha value is -0.220. The maximum absolute atomic E-state index is 5.16. The van der Waals surface area contributed by atoms with Crippen LogP contribution in [0.2, 0.25) is 0 Å². The Morgan fingerprint density at radius 2 is 1.91 bits per heavy atom. The van der Waals surface area contributed by atoms with Crippen LogP contribution in [0, 0.1) is 0 Å². The number of allylic oxidation sites excluding steroid dienone is 1. The van der Waals surface area contributed by atoms with Gasteiger partial charge in [-0.1, -0.05) is 11.8 Å². The Morgan fingerprint density at radius 1 is 1.36 bits per heavy atom. The van der Waals surface area contributed by atoms with E-state index in [-0.39, 0.29) is 0 Å². The second kappa shape index (κ2) is 5.43. The summed E-state index contributed by atoms with van der Waals surface area (Å²) in [6, 6.07) is 0. The predicted molar refractivity (Wildman–Crippen MR) is 52.6 cm³/mol. The summed E-state index contributed by atoms with van der Waals surface area (Å²) in [5, 5.41) is 0. The SMILES string of the molecule is COC(OC(=S)SC)=C(C)C. The first-order valence-corrected chi connectivity index (χ1v) is 4.72. The summed E-state index contributed by atoms with van der Waals surface area (Å²) >= 11 is 6.22. The van der Waals surface area contributed by atoms with Crippen LogP contribution in [0.15, 0.2) is 11.5 Å². The first kappa shape index (κ1) is 10.8. The molecule has 0 aliphatic rings. The highest BCUT2D eigenvalue weighted by Gasteiger charge is 2.02. The molecule has 2 nitrogen and oxygen atoms in total. The first-order chi connectivity index (χ1) is 5.11. The number of methoxy groups -OCH3 is 1. The molecule has 0 aromatic carbocycles. The number of rotatable bonds is 2. The minimum atomic E-state index is 0.475. The van der Waals surface area contributed by atoms with Crippen LogP contribution in [-0.4, -0.2) is 17.7 Å². The van der Waals surface area contributed by atoms with Crippen LogP contribution in [0.1, 0.15) is 13.8 Å². The molecule has 0 aliphatic heterocycles. The third-order valence-corrected chi connectivity index (χ3v) is 1.94. The van der Waals surface area contributed by atoms with E-state index in [0.29, 0.717) is 10.3 Å². The lowest BCUT2D eigenvalue weighted by Gasteiger charge is -2.08. The van der Waals surface area contributed by atoms with E-state index in [2.05, 4.69) is 0 Å². The van der Waals surface area contributed by atoms with E-state index in [9.17, 15) is 0 Å². The predicted octanol–water partition coefficient (Wildman–Crippen LogP) is 2.55. The summed E-state index contributed by atoms with van der Waals surface area (Å²) in [4.78, 5) is 0. The van der Waals surface area contributed by atoms with Gasteiger partial charge in [-0.15, -0.1) is 0 Å². The Bertz CT molecular complexity index is 171. The number of thiocarbonyl (C=S) groups is 1. The van der Waals surface area contributed by atoms with Gasteiger partial charge in [0.25, 0.3) is 5.95 Å². The molecule has 0 aromatic heterocycles. The quantitative estimate of drug-likeness (QED) is 0.494. The molecule has 0 saturated carbocycles. The van der Waals surface area contributed by atoms with Crippen LogP contribution in [-0.2, 0) is 9.47 Å². The van der Waals surface area contributed by atoms with Crippen molar-refractivity contribution >= 4 is 28.4 Å². The first-order valence-electron chi connectivity index (χ1n) is 3.09. The third kappa shape index (κ3) is 4.27. The zero-order chi connectivity index (χ0) is 8.85. The lowest BCUT2D eigenvalue weighted by Crippen LogP contribution is -2.00. The highest BCUT2D eigenvalue weighted by Crippen LogP contribution is 2.11. The second-order valence-corrected chi connectivity index (χ2v) is 3.46. The molecule has 0 aliphatic carbocycles. The third-order valence-electron chi connectivity index (χ3n) is 0.936. The molecule has 4 heteroatoms. The number of hydrogen-bond donors (Lipinski definition) is 0. The minimum absolute atomic E-state index is 0.475. The largest absolute Gasteiger partial charge is 0.468 e. The van der Waals surface area contributed by atoms with Gasteiger partial charge in [-0.05, 0) is 32.3 Å². The highest BCUT2D eigenvalue weighted by molar-refractivity contribution is 8.22. The van der Waals surface area contributed by atoms with Crippen LogP contribution in [0.25, 0.3) is 0 Å². The molecule has 0 atom stereocenters. The van der Waals surface area contributed by atoms with Crippen LogP contribution in [0.4, 0.5) is 0 Å². The molecule has 11 heavy (non-hydrogen) atoms. The van der Waals surface area contributed by atoms with Crippen molar-refractivity contribution in [2.45, 2.75) is 13.8 Å². The van der Waals surface area contributed by atoms with Crippen LogP contribution < -0.4 is 0 Å². The Labute approximate surface area is 76.9 Å². The highest BCUT2D eigenvalue weighted by atomic mass is 32.2. The van der Waals surface area contributed by atoms with Gasteiger partial charge in [0.1, 0.15) is 0 Å². The molecule has 64 valence electrons. The van der Waals surface area contributed by atoms with Crippen LogP contribution in [0.5, 0.6) is 0 Å². The molecular formula is C7H12O2S2.